The van der Waals surface area contributed by atoms with Crippen LogP contribution in [0.2, 0.25) is 10.0 Å². The topological polar surface area (TPSA) is 64.3 Å². The third kappa shape index (κ3) is 5.17. The zero-order chi connectivity index (χ0) is 14.4. The van der Waals surface area contributed by atoms with Crippen LogP contribution in [0.4, 0.5) is 5.69 Å². The first-order valence-corrected chi connectivity index (χ1v) is 6.86. The summed E-state index contributed by atoms with van der Waals surface area (Å²) in [5.41, 5.74) is 6.03. The predicted molar refractivity (Wildman–Crippen MR) is 78.9 cm³/mol. The molecule has 1 atom stereocenters. The van der Waals surface area contributed by atoms with Crippen molar-refractivity contribution >= 4 is 34.8 Å². The summed E-state index contributed by atoms with van der Waals surface area (Å²) in [5, 5.41) is 3.41. The number of hydrogen-bond acceptors (Lipinski definition) is 3. The van der Waals surface area contributed by atoms with Crippen molar-refractivity contribution in [1.82, 2.24) is 5.32 Å². The number of benzene rings is 1. The number of carbonyl (C=O) groups excluding carboxylic acids is 1. The van der Waals surface area contributed by atoms with Crippen molar-refractivity contribution in [2.75, 3.05) is 12.3 Å². The molecule has 0 radical (unpaired) electrons. The van der Waals surface area contributed by atoms with E-state index in [2.05, 4.69) is 12.2 Å². The number of anilines is 1. The number of nitrogens with two attached hydrogens (primary N) is 1. The van der Waals surface area contributed by atoms with E-state index in [1.165, 1.54) is 12.1 Å². The van der Waals surface area contributed by atoms with Gasteiger partial charge in [-0.3, -0.25) is 4.79 Å². The van der Waals surface area contributed by atoms with Crippen molar-refractivity contribution in [3.05, 3.63) is 22.2 Å². The number of amides is 1. The van der Waals surface area contributed by atoms with Gasteiger partial charge in [0.2, 0.25) is 0 Å². The Bertz CT molecular complexity index is 429. The molecule has 0 bridgehead atoms. The van der Waals surface area contributed by atoms with Crippen molar-refractivity contribution in [3.8, 4) is 5.75 Å². The van der Waals surface area contributed by atoms with Crippen molar-refractivity contribution in [1.29, 1.82) is 0 Å². The first kappa shape index (κ1) is 15.9. The Balaban J connectivity index is 2.55. The zero-order valence-corrected chi connectivity index (χ0v) is 12.5. The van der Waals surface area contributed by atoms with Crippen LogP contribution in [-0.4, -0.2) is 18.6 Å². The zero-order valence-electron chi connectivity index (χ0n) is 11.0. The predicted octanol–water partition coefficient (Wildman–Crippen LogP) is 3.26. The summed E-state index contributed by atoms with van der Waals surface area (Å²) in [4.78, 5) is 11.6. The molecule has 1 aromatic rings. The molecule has 0 aromatic heterocycles. The van der Waals surface area contributed by atoms with Gasteiger partial charge < -0.3 is 15.8 Å². The molecule has 0 spiro atoms. The third-order valence-electron chi connectivity index (χ3n) is 2.50. The van der Waals surface area contributed by atoms with Crippen LogP contribution in [-0.2, 0) is 4.79 Å². The fourth-order valence-electron chi connectivity index (χ4n) is 1.68. The monoisotopic (exact) mass is 304 g/mol. The lowest BCUT2D eigenvalue weighted by Crippen LogP contribution is -2.36. The summed E-state index contributed by atoms with van der Waals surface area (Å²) in [7, 11) is 0. The molecular formula is C13H18Cl2N2O2. The number of nitrogen functional groups attached to an aromatic ring is 1. The van der Waals surface area contributed by atoms with Gasteiger partial charge in [-0.1, -0.05) is 36.5 Å². The van der Waals surface area contributed by atoms with Crippen LogP contribution >= 0.6 is 23.2 Å². The van der Waals surface area contributed by atoms with Crippen molar-refractivity contribution in [2.24, 2.45) is 0 Å². The Morgan fingerprint density at radius 3 is 2.53 bits per heavy atom. The first-order valence-electron chi connectivity index (χ1n) is 6.10. The van der Waals surface area contributed by atoms with E-state index in [1.807, 2.05) is 6.92 Å². The second kappa shape index (κ2) is 7.46. The molecule has 1 rings (SSSR count). The largest absolute Gasteiger partial charge is 0.481 e. The Labute approximate surface area is 123 Å². The highest BCUT2D eigenvalue weighted by atomic mass is 35.5. The normalized spacial score (nSPS) is 12.0. The van der Waals surface area contributed by atoms with Crippen LogP contribution in [0.3, 0.4) is 0 Å². The van der Waals surface area contributed by atoms with E-state index in [4.69, 9.17) is 33.7 Å². The maximum Gasteiger partial charge on any atom is 0.258 e. The van der Waals surface area contributed by atoms with Crippen LogP contribution in [0.25, 0.3) is 0 Å². The number of hydrogen-bond donors (Lipinski definition) is 2. The van der Waals surface area contributed by atoms with E-state index in [9.17, 15) is 4.79 Å². The number of rotatable bonds is 6. The lowest BCUT2D eigenvalue weighted by Gasteiger charge is -2.14. The molecule has 0 saturated heterocycles. The van der Waals surface area contributed by atoms with Gasteiger partial charge in [0, 0.05) is 11.7 Å². The number of nitrogens with one attached hydrogen (secondary N) is 1. The van der Waals surface area contributed by atoms with Crippen molar-refractivity contribution in [2.45, 2.75) is 32.7 Å². The molecule has 1 amide bonds. The Morgan fingerprint density at radius 1 is 1.42 bits per heavy atom. The standard InChI is InChI=1S/C13H18Cl2N2O2/c1-3-4-8(2)17-12(18)7-19-13-10(14)5-9(16)6-11(13)15/h5-6,8H,3-4,7,16H2,1-2H3,(H,17,18). The molecule has 6 heteroatoms. The minimum absolute atomic E-state index is 0.124. The molecule has 1 unspecified atom stereocenters. The van der Waals surface area contributed by atoms with Crippen LogP contribution < -0.4 is 15.8 Å². The molecular weight excluding hydrogens is 287 g/mol. The highest BCUT2D eigenvalue weighted by molar-refractivity contribution is 6.37. The quantitative estimate of drug-likeness (QED) is 0.793. The van der Waals surface area contributed by atoms with Crippen LogP contribution in [0.5, 0.6) is 5.75 Å². The molecule has 0 aliphatic carbocycles. The van der Waals surface area contributed by atoms with E-state index in [-0.39, 0.29) is 24.3 Å². The molecule has 0 aliphatic heterocycles. The second-order valence-electron chi connectivity index (χ2n) is 4.36. The summed E-state index contributed by atoms with van der Waals surface area (Å²) in [6.07, 6.45) is 1.94. The summed E-state index contributed by atoms with van der Waals surface area (Å²) in [6, 6.07) is 3.18. The van der Waals surface area contributed by atoms with E-state index in [0.717, 1.165) is 12.8 Å². The molecule has 19 heavy (non-hydrogen) atoms. The maximum absolute atomic E-state index is 11.6. The van der Waals surface area contributed by atoms with Gasteiger partial charge in [0.15, 0.2) is 12.4 Å². The lowest BCUT2D eigenvalue weighted by molar-refractivity contribution is -0.123. The SMILES string of the molecule is CCCC(C)NC(=O)COc1c(Cl)cc(N)cc1Cl. The summed E-state index contributed by atoms with van der Waals surface area (Å²) in [6.45, 7) is 3.88. The fraction of sp³-hybridized carbons (Fsp3) is 0.462. The molecule has 106 valence electrons. The van der Waals surface area contributed by atoms with Gasteiger partial charge in [-0.25, -0.2) is 0 Å². The summed E-state index contributed by atoms with van der Waals surface area (Å²) < 4.78 is 5.33. The van der Waals surface area contributed by atoms with Gasteiger partial charge in [-0.2, -0.15) is 0 Å². The van der Waals surface area contributed by atoms with E-state index >= 15 is 0 Å². The highest BCUT2D eigenvalue weighted by Crippen LogP contribution is 2.34. The Hall–Kier alpha value is -1.13. The molecule has 0 heterocycles. The molecule has 0 aliphatic rings. The Morgan fingerprint density at radius 2 is 2.00 bits per heavy atom. The average molecular weight is 305 g/mol. The maximum atomic E-state index is 11.6. The van der Waals surface area contributed by atoms with E-state index in [1.54, 1.807) is 0 Å². The van der Waals surface area contributed by atoms with Crippen molar-refractivity contribution in [3.63, 3.8) is 0 Å². The number of carbonyl (C=O) groups is 1. The fourth-order valence-corrected chi connectivity index (χ4v) is 2.29. The second-order valence-corrected chi connectivity index (χ2v) is 5.17. The number of ether oxygens (including phenoxy) is 1. The smallest absolute Gasteiger partial charge is 0.258 e. The third-order valence-corrected chi connectivity index (χ3v) is 3.06. The van der Waals surface area contributed by atoms with E-state index < -0.39 is 0 Å². The highest BCUT2D eigenvalue weighted by Gasteiger charge is 2.12. The van der Waals surface area contributed by atoms with E-state index in [0.29, 0.717) is 15.7 Å². The minimum atomic E-state index is -0.204. The molecule has 0 saturated carbocycles. The van der Waals surface area contributed by atoms with Gasteiger partial charge in [0.05, 0.1) is 10.0 Å². The number of halogens is 2. The van der Waals surface area contributed by atoms with Gasteiger partial charge in [0.25, 0.3) is 5.91 Å². The van der Waals surface area contributed by atoms with Crippen LogP contribution in [0.15, 0.2) is 12.1 Å². The summed E-state index contributed by atoms with van der Waals surface area (Å²) >= 11 is 11.9. The van der Waals surface area contributed by atoms with Gasteiger partial charge >= 0.3 is 0 Å². The molecule has 1 aromatic carbocycles. The van der Waals surface area contributed by atoms with Gasteiger partial charge in [-0.15, -0.1) is 0 Å². The van der Waals surface area contributed by atoms with Crippen LogP contribution in [0.1, 0.15) is 26.7 Å². The average Bonchev–Trinajstić information content (AvgIpc) is 2.27. The van der Waals surface area contributed by atoms with Crippen LogP contribution in [0, 0.1) is 0 Å². The Kier molecular flexibility index (Phi) is 6.25. The lowest BCUT2D eigenvalue weighted by atomic mass is 10.2. The van der Waals surface area contributed by atoms with Crippen molar-refractivity contribution < 1.29 is 9.53 Å². The van der Waals surface area contributed by atoms with Gasteiger partial charge in [-0.05, 0) is 25.5 Å². The summed E-state index contributed by atoms with van der Waals surface area (Å²) in [5.74, 6) is 0.0701. The molecule has 3 N–H and O–H groups in total. The molecule has 0 fully saturated rings. The molecule has 4 nitrogen and oxygen atoms in total. The minimum Gasteiger partial charge on any atom is -0.481 e. The van der Waals surface area contributed by atoms with Gasteiger partial charge in [0.1, 0.15) is 0 Å². The first-order chi connectivity index (χ1) is 8.93.